The Morgan fingerprint density at radius 2 is 1.78 bits per heavy atom. The second-order valence-corrected chi connectivity index (χ2v) is 10.1. The van der Waals surface area contributed by atoms with Crippen LogP contribution in [0.3, 0.4) is 0 Å². The van der Waals surface area contributed by atoms with Gasteiger partial charge >= 0.3 is 0 Å². The highest BCUT2D eigenvalue weighted by molar-refractivity contribution is 6.21. The van der Waals surface area contributed by atoms with Gasteiger partial charge in [0.1, 0.15) is 17.1 Å². The van der Waals surface area contributed by atoms with Crippen molar-refractivity contribution in [2.75, 3.05) is 48.3 Å². The molecule has 2 aromatic rings. The molecule has 3 fully saturated rings. The van der Waals surface area contributed by atoms with Crippen LogP contribution in [0.4, 0.5) is 23.3 Å². The highest BCUT2D eigenvalue weighted by atomic mass is 16.2. The van der Waals surface area contributed by atoms with Gasteiger partial charge in [-0.05, 0) is 25.0 Å². The number of pyridine rings is 1. The molecule has 6 rings (SSSR count). The number of imide groups is 1. The van der Waals surface area contributed by atoms with Crippen LogP contribution in [0.25, 0.3) is 0 Å². The molecule has 2 aromatic heterocycles. The first-order valence-electron chi connectivity index (χ1n) is 12.7. The lowest BCUT2D eigenvalue weighted by molar-refractivity contribution is -0.144. The molecule has 4 aliphatic rings. The number of likely N-dealkylation sites (tertiary alicyclic amines) is 1. The summed E-state index contributed by atoms with van der Waals surface area (Å²) in [6.45, 7) is 3.80. The van der Waals surface area contributed by atoms with Crippen LogP contribution < -0.4 is 20.4 Å². The predicted molar refractivity (Wildman–Crippen MR) is 133 cm³/mol. The van der Waals surface area contributed by atoms with E-state index in [4.69, 9.17) is 4.98 Å². The standard InChI is InChI=1S/C25H30N8O3/c1-31-20(34)13-25(22(31)35)12-16-14-28-24(30-21(16)33(23(25)36)17-4-2-3-5-17)29-19-7-6-18(15-27-19)32-10-8-26-9-11-32/h6-7,14-15,17,26H,2-5,8-13H2,1H3,(H,27,28,29,30). The second-order valence-electron chi connectivity index (χ2n) is 10.1. The zero-order chi connectivity index (χ0) is 24.9. The zero-order valence-corrected chi connectivity index (χ0v) is 20.4. The molecule has 0 radical (unpaired) electrons. The molecule has 1 spiro atoms. The van der Waals surface area contributed by atoms with Crippen LogP contribution in [0.5, 0.6) is 0 Å². The summed E-state index contributed by atoms with van der Waals surface area (Å²) in [4.78, 5) is 58.2. The van der Waals surface area contributed by atoms with Crippen molar-refractivity contribution >= 4 is 41.0 Å². The molecule has 1 saturated carbocycles. The summed E-state index contributed by atoms with van der Waals surface area (Å²) in [6, 6.07) is 3.88. The van der Waals surface area contributed by atoms with Gasteiger partial charge in [-0.3, -0.25) is 24.2 Å². The number of nitrogens with zero attached hydrogens (tertiary/aromatic N) is 6. The largest absolute Gasteiger partial charge is 0.368 e. The summed E-state index contributed by atoms with van der Waals surface area (Å²) in [7, 11) is 1.45. The Morgan fingerprint density at radius 3 is 2.44 bits per heavy atom. The summed E-state index contributed by atoms with van der Waals surface area (Å²) in [6.07, 6.45) is 7.27. The number of amides is 3. The third-order valence-corrected chi connectivity index (χ3v) is 7.89. The van der Waals surface area contributed by atoms with E-state index in [-0.39, 0.29) is 30.7 Å². The predicted octanol–water partition coefficient (Wildman–Crippen LogP) is 1.23. The van der Waals surface area contributed by atoms with E-state index in [2.05, 4.69) is 25.5 Å². The number of anilines is 4. The van der Waals surface area contributed by atoms with Gasteiger partial charge in [0.05, 0.1) is 18.3 Å². The van der Waals surface area contributed by atoms with Gasteiger partial charge in [-0.1, -0.05) is 12.8 Å². The lowest BCUT2D eigenvalue weighted by Gasteiger charge is -2.40. The van der Waals surface area contributed by atoms with Gasteiger partial charge in [-0.2, -0.15) is 4.98 Å². The number of hydrogen-bond donors (Lipinski definition) is 2. The normalized spacial score (nSPS) is 24.7. The molecular formula is C25H30N8O3. The van der Waals surface area contributed by atoms with E-state index in [0.717, 1.165) is 62.4 Å². The highest BCUT2D eigenvalue weighted by Crippen LogP contribution is 2.46. The van der Waals surface area contributed by atoms with Crippen molar-refractivity contribution in [1.29, 1.82) is 0 Å². The number of aromatic nitrogens is 3. The smallest absolute Gasteiger partial charge is 0.245 e. The Morgan fingerprint density at radius 1 is 1.00 bits per heavy atom. The van der Waals surface area contributed by atoms with Crippen molar-refractivity contribution in [3.8, 4) is 0 Å². The maximum Gasteiger partial charge on any atom is 0.245 e. The van der Waals surface area contributed by atoms with Gasteiger partial charge in [0.15, 0.2) is 0 Å². The molecule has 1 unspecified atom stereocenters. The molecule has 3 amide bonds. The van der Waals surface area contributed by atoms with E-state index < -0.39 is 11.3 Å². The fraction of sp³-hybridized carbons (Fsp3) is 0.520. The average molecular weight is 491 g/mol. The summed E-state index contributed by atoms with van der Waals surface area (Å²) in [5, 5.41) is 6.51. The SMILES string of the molecule is CN1C(=O)CC2(Cc3cnc(Nc4ccc(N5CCNCC5)cn4)nc3N(C3CCCC3)C2=O)C1=O. The van der Waals surface area contributed by atoms with Gasteiger partial charge < -0.3 is 15.5 Å². The first-order valence-corrected chi connectivity index (χ1v) is 12.7. The van der Waals surface area contributed by atoms with E-state index in [0.29, 0.717) is 23.1 Å². The zero-order valence-electron chi connectivity index (χ0n) is 20.4. The lowest BCUT2D eigenvalue weighted by atomic mass is 9.76. The maximum atomic E-state index is 13.9. The number of piperazine rings is 1. The Kier molecular flexibility index (Phi) is 5.59. The fourth-order valence-corrected chi connectivity index (χ4v) is 5.90. The number of hydrogen-bond acceptors (Lipinski definition) is 9. The van der Waals surface area contributed by atoms with Crippen LogP contribution in [0.2, 0.25) is 0 Å². The molecular weight excluding hydrogens is 460 g/mol. The van der Waals surface area contributed by atoms with Gasteiger partial charge in [0, 0.05) is 57.4 Å². The second kappa shape index (κ2) is 8.81. The number of fused-ring (bicyclic) bond motifs is 1. The van der Waals surface area contributed by atoms with Crippen LogP contribution in [0.1, 0.15) is 37.7 Å². The third-order valence-electron chi connectivity index (χ3n) is 7.89. The Balaban J connectivity index is 1.30. The van der Waals surface area contributed by atoms with Crippen molar-refractivity contribution in [2.45, 2.75) is 44.6 Å². The molecule has 1 atom stereocenters. The van der Waals surface area contributed by atoms with Crippen LogP contribution in [-0.2, 0) is 20.8 Å². The molecule has 2 saturated heterocycles. The fourth-order valence-electron chi connectivity index (χ4n) is 5.90. The van der Waals surface area contributed by atoms with Crippen molar-refractivity contribution in [1.82, 2.24) is 25.2 Å². The monoisotopic (exact) mass is 490 g/mol. The van der Waals surface area contributed by atoms with Crippen molar-refractivity contribution in [3.05, 3.63) is 30.1 Å². The van der Waals surface area contributed by atoms with Gasteiger partial charge in [-0.25, -0.2) is 9.97 Å². The van der Waals surface area contributed by atoms with Gasteiger partial charge in [0.2, 0.25) is 23.7 Å². The summed E-state index contributed by atoms with van der Waals surface area (Å²) in [5.74, 6) is 0.418. The first kappa shape index (κ1) is 22.8. The number of rotatable bonds is 4. The molecule has 5 heterocycles. The Bertz CT molecular complexity index is 1210. The molecule has 188 valence electrons. The van der Waals surface area contributed by atoms with Crippen molar-refractivity contribution in [3.63, 3.8) is 0 Å². The minimum absolute atomic E-state index is 0.0403. The molecule has 0 aromatic carbocycles. The van der Waals surface area contributed by atoms with E-state index >= 15 is 0 Å². The third kappa shape index (κ3) is 3.69. The van der Waals surface area contributed by atoms with Crippen molar-refractivity contribution in [2.24, 2.45) is 5.41 Å². The molecule has 36 heavy (non-hydrogen) atoms. The summed E-state index contributed by atoms with van der Waals surface area (Å²) < 4.78 is 0. The van der Waals surface area contributed by atoms with Crippen LogP contribution in [0.15, 0.2) is 24.5 Å². The molecule has 2 N–H and O–H groups in total. The van der Waals surface area contributed by atoms with E-state index in [1.54, 1.807) is 11.1 Å². The minimum Gasteiger partial charge on any atom is -0.368 e. The average Bonchev–Trinajstić information content (AvgIpc) is 3.50. The number of carbonyl (C=O) groups is 3. The quantitative estimate of drug-likeness (QED) is 0.481. The number of nitrogens with one attached hydrogen (secondary N) is 2. The number of carbonyl (C=O) groups excluding carboxylic acids is 3. The van der Waals surface area contributed by atoms with Crippen molar-refractivity contribution < 1.29 is 14.4 Å². The van der Waals surface area contributed by atoms with Gasteiger partial charge in [0.25, 0.3) is 0 Å². The van der Waals surface area contributed by atoms with Crippen LogP contribution in [-0.4, -0.2) is 76.8 Å². The molecule has 3 aliphatic heterocycles. The topological polar surface area (TPSA) is 124 Å². The van der Waals surface area contributed by atoms with E-state index in [9.17, 15) is 14.4 Å². The minimum atomic E-state index is -1.39. The van der Waals surface area contributed by atoms with E-state index in [1.807, 2.05) is 18.3 Å². The molecule has 11 nitrogen and oxygen atoms in total. The lowest BCUT2D eigenvalue weighted by Crippen LogP contribution is -2.56. The first-order chi connectivity index (χ1) is 17.5. The Hall–Kier alpha value is -3.60. The highest BCUT2D eigenvalue weighted by Gasteiger charge is 2.60. The Labute approximate surface area is 209 Å². The van der Waals surface area contributed by atoms with Crippen LogP contribution >= 0.6 is 0 Å². The molecule has 11 heteroatoms. The summed E-state index contributed by atoms with van der Waals surface area (Å²) >= 11 is 0. The summed E-state index contributed by atoms with van der Waals surface area (Å²) in [5.41, 5.74) is 0.393. The van der Waals surface area contributed by atoms with E-state index in [1.165, 1.54) is 7.05 Å². The molecule has 0 bridgehead atoms. The molecule has 1 aliphatic carbocycles. The van der Waals surface area contributed by atoms with Crippen LogP contribution in [0, 0.1) is 5.41 Å². The maximum absolute atomic E-state index is 13.9. The van der Waals surface area contributed by atoms with Gasteiger partial charge in [-0.15, -0.1) is 0 Å².